The van der Waals surface area contributed by atoms with Gasteiger partial charge in [-0.2, -0.15) is 0 Å². The van der Waals surface area contributed by atoms with Crippen LogP contribution in [0.15, 0.2) is 34.2 Å². The fourth-order valence-corrected chi connectivity index (χ4v) is 7.06. The van der Waals surface area contributed by atoms with Crippen molar-refractivity contribution < 1.29 is 13.8 Å². The fraction of sp³-hybridized carbons (Fsp3) is 0.640. The number of aryl methyl sites for hydroxylation is 1. The van der Waals surface area contributed by atoms with Crippen LogP contribution in [0, 0.1) is 13.5 Å². The van der Waals surface area contributed by atoms with Gasteiger partial charge in [0.25, 0.3) is 14.1 Å². The van der Waals surface area contributed by atoms with E-state index in [2.05, 4.69) is 52.2 Å². The molecule has 2 saturated heterocycles. The summed E-state index contributed by atoms with van der Waals surface area (Å²) in [5.41, 5.74) is -1.38. The summed E-state index contributed by atoms with van der Waals surface area (Å²) in [6, 6.07) is 1.52. The van der Waals surface area contributed by atoms with E-state index in [1.54, 1.807) is 25.4 Å². The van der Waals surface area contributed by atoms with Crippen LogP contribution in [-0.2, 0) is 13.8 Å². The Kier molecular flexibility index (Phi) is 8.65. The van der Waals surface area contributed by atoms with E-state index in [0.717, 1.165) is 0 Å². The number of fused-ring (bicyclic) bond motifs is 2. The molecule has 2 unspecified atom stereocenters. The van der Waals surface area contributed by atoms with Gasteiger partial charge in [-0.1, -0.05) is 6.92 Å². The van der Waals surface area contributed by atoms with E-state index in [0.29, 0.717) is 24.5 Å². The lowest BCUT2D eigenvalue weighted by atomic mass is 9.96. The minimum Gasteiger partial charge on any atom is -0.344 e. The molecule has 5 atom stereocenters. The molecule has 0 aromatic carbocycles. The van der Waals surface area contributed by atoms with E-state index < -0.39 is 43.7 Å². The van der Waals surface area contributed by atoms with Crippen molar-refractivity contribution in [3.05, 3.63) is 62.5 Å². The second kappa shape index (κ2) is 11.6. The van der Waals surface area contributed by atoms with Gasteiger partial charge in [0.1, 0.15) is 24.4 Å². The van der Waals surface area contributed by atoms with Crippen LogP contribution < -0.4 is 16.1 Å². The summed E-state index contributed by atoms with van der Waals surface area (Å²) in [7, 11) is -1.57. The van der Waals surface area contributed by atoms with Crippen LogP contribution in [0.25, 0.3) is 4.85 Å². The first-order chi connectivity index (χ1) is 18.1. The Bertz CT molecular complexity index is 1260. The maximum Gasteiger partial charge on any atom is 0.330 e. The van der Waals surface area contributed by atoms with Gasteiger partial charge >= 0.3 is 5.69 Å². The van der Waals surface area contributed by atoms with E-state index in [-0.39, 0.29) is 25.2 Å². The Balaban J connectivity index is 1.80. The third kappa shape index (κ3) is 5.26. The van der Waals surface area contributed by atoms with E-state index in [4.69, 9.17) is 20.4 Å². The molecule has 1 N–H and O–H groups in total. The Morgan fingerprint density at radius 1 is 1.29 bits per heavy atom. The summed E-state index contributed by atoms with van der Waals surface area (Å²) >= 11 is 0. The van der Waals surface area contributed by atoms with Crippen LogP contribution in [0.3, 0.4) is 0 Å². The van der Waals surface area contributed by atoms with Crippen molar-refractivity contribution in [2.45, 2.75) is 84.0 Å². The third-order valence-electron chi connectivity index (χ3n) is 6.96. The zero-order valence-corrected chi connectivity index (χ0v) is 23.6. The van der Waals surface area contributed by atoms with E-state index in [1.807, 2.05) is 11.8 Å². The molecular weight excluding hydrogens is 509 g/mol. The van der Waals surface area contributed by atoms with Crippen molar-refractivity contribution in [2.24, 2.45) is 0 Å². The van der Waals surface area contributed by atoms with Gasteiger partial charge in [0.05, 0.1) is 6.54 Å². The molecule has 12 nitrogen and oxygen atoms in total. The summed E-state index contributed by atoms with van der Waals surface area (Å²) in [6.07, 6.45) is 4.22. The van der Waals surface area contributed by atoms with Crippen LogP contribution in [-0.4, -0.2) is 73.7 Å². The highest BCUT2D eigenvalue weighted by Gasteiger charge is 2.66. The number of hydrogen-bond acceptors (Lipinski definition) is 9. The maximum atomic E-state index is 13.0. The largest absolute Gasteiger partial charge is 0.344 e. The predicted molar refractivity (Wildman–Crippen MR) is 144 cm³/mol. The average Bonchev–Trinajstić information content (AvgIpc) is 3.36. The van der Waals surface area contributed by atoms with Crippen molar-refractivity contribution in [1.29, 1.82) is 0 Å². The normalized spacial score (nSPS) is 25.5. The SMILES string of the molecule is [C-]#[N+]CCOP(O[C@H]1[C@@H]2C(n3cc(C)c(=O)[nH]c3=O)O[C@@]1(CC)CN2c1ncccn1)N(C(C)C)C(C)C. The van der Waals surface area contributed by atoms with Crippen molar-refractivity contribution in [2.75, 3.05) is 24.6 Å². The lowest BCUT2D eigenvalue weighted by Gasteiger charge is -2.38. The summed E-state index contributed by atoms with van der Waals surface area (Å²) in [5, 5.41) is 0. The second-order valence-electron chi connectivity index (χ2n) is 10.1. The van der Waals surface area contributed by atoms with E-state index in [9.17, 15) is 9.59 Å². The molecule has 206 valence electrons. The van der Waals surface area contributed by atoms with Gasteiger partial charge in [-0.3, -0.25) is 14.3 Å². The molecule has 0 spiro atoms. The van der Waals surface area contributed by atoms with Crippen LogP contribution in [0.4, 0.5) is 5.95 Å². The number of morpholine rings is 1. The smallest absolute Gasteiger partial charge is 0.330 e. The lowest BCUT2D eigenvalue weighted by Crippen LogP contribution is -2.49. The molecule has 13 heteroatoms. The van der Waals surface area contributed by atoms with Gasteiger partial charge in [-0.25, -0.2) is 26.0 Å². The fourth-order valence-electron chi connectivity index (χ4n) is 5.26. The molecule has 2 aromatic rings. The van der Waals surface area contributed by atoms with Crippen LogP contribution in [0.5, 0.6) is 0 Å². The first-order valence-corrected chi connectivity index (χ1v) is 14.0. The van der Waals surface area contributed by atoms with Crippen molar-refractivity contribution in [3.63, 3.8) is 0 Å². The molecule has 2 aliphatic rings. The average molecular weight is 546 g/mol. The lowest BCUT2D eigenvalue weighted by molar-refractivity contribution is -0.105. The number of anilines is 1. The summed E-state index contributed by atoms with van der Waals surface area (Å²) in [5.74, 6) is 0.506. The molecular formula is C25H36N7O5P. The van der Waals surface area contributed by atoms with Crippen LogP contribution >= 0.6 is 8.53 Å². The minimum atomic E-state index is -1.57. The van der Waals surface area contributed by atoms with Gasteiger partial charge in [0.15, 0.2) is 6.23 Å². The number of nitrogens with zero attached hydrogens (tertiary/aromatic N) is 6. The zero-order valence-electron chi connectivity index (χ0n) is 22.7. The molecule has 4 heterocycles. The number of hydrogen-bond donors (Lipinski definition) is 1. The Morgan fingerprint density at radius 2 is 1.97 bits per heavy atom. The minimum absolute atomic E-state index is 0.125. The molecule has 4 rings (SSSR count). The number of ether oxygens (including phenoxy) is 1. The quantitative estimate of drug-likeness (QED) is 0.258. The number of aromatic amines is 1. The standard InChI is InChI=1S/C25H36N7O5P/c1-8-25-15-31(23-27-10-9-11-28-23)19(22(36-25)30-14-18(6)21(33)29-24(30)34)20(25)37-38(35-13-12-26-7)32(16(2)3)17(4)5/h9-11,14,16-17,19-20,22H,8,12-13,15H2,1-6H3,(H,29,33,34)/t19-,20+,22?,25+,38?/m1/s1. The monoisotopic (exact) mass is 545 g/mol. The molecule has 2 aliphatic heterocycles. The number of nitrogens with one attached hydrogen (secondary N) is 1. The van der Waals surface area contributed by atoms with E-state index >= 15 is 0 Å². The van der Waals surface area contributed by atoms with E-state index in [1.165, 1.54) is 10.8 Å². The molecule has 2 aromatic heterocycles. The van der Waals surface area contributed by atoms with Gasteiger partial charge in [-0.05, 0) is 47.1 Å². The Labute approximate surface area is 223 Å². The number of aromatic nitrogens is 4. The third-order valence-corrected chi connectivity index (χ3v) is 9.07. The molecule has 2 fully saturated rings. The molecule has 2 bridgehead atoms. The van der Waals surface area contributed by atoms with Gasteiger partial charge in [0, 0.05) is 36.2 Å². The molecule has 0 radical (unpaired) electrons. The number of rotatable bonds is 11. The molecule has 0 amide bonds. The first kappa shape index (κ1) is 28.3. The van der Waals surface area contributed by atoms with Gasteiger partial charge < -0.3 is 23.5 Å². The highest BCUT2D eigenvalue weighted by Crippen LogP contribution is 2.56. The van der Waals surface area contributed by atoms with Crippen LogP contribution in [0.1, 0.15) is 52.8 Å². The Morgan fingerprint density at radius 3 is 2.58 bits per heavy atom. The van der Waals surface area contributed by atoms with Crippen molar-refractivity contribution in [1.82, 2.24) is 24.2 Å². The van der Waals surface area contributed by atoms with Crippen LogP contribution in [0.2, 0.25) is 0 Å². The predicted octanol–water partition coefficient (Wildman–Crippen LogP) is 2.87. The molecule has 0 saturated carbocycles. The van der Waals surface area contributed by atoms with Gasteiger partial charge in [0.2, 0.25) is 12.5 Å². The molecule has 0 aliphatic carbocycles. The second-order valence-corrected chi connectivity index (χ2v) is 11.5. The highest BCUT2D eigenvalue weighted by atomic mass is 31.2. The maximum absolute atomic E-state index is 13.0. The summed E-state index contributed by atoms with van der Waals surface area (Å²) < 4.78 is 23.4. The topological polar surface area (TPSA) is 119 Å². The summed E-state index contributed by atoms with van der Waals surface area (Å²) in [4.78, 5) is 41.9. The zero-order chi connectivity index (χ0) is 27.6. The van der Waals surface area contributed by atoms with Gasteiger partial charge in [-0.15, -0.1) is 0 Å². The first-order valence-electron chi connectivity index (χ1n) is 12.9. The highest BCUT2D eigenvalue weighted by molar-refractivity contribution is 7.44. The van der Waals surface area contributed by atoms with Crippen molar-refractivity contribution >= 4 is 14.5 Å². The number of H-pyrrole nitrogens is 1. The molecule has 38 heavy (non-hydrogen) atoms. The Hall–Kier alpha value is -2.68. The summed E-state index contributed by atoms with van der Waals surface area (Å²) in [6.45, 7) is 20.1. The van der Waals surface area contributed by atoms with Crippen molar-refractivity contribution in [3.8, 4) is 0 Å².